The molecule has 0 aromatic carbocycles. The minimum absolute atomic E-state index is 0.103. The van der Waals surface area contributed by atoms with Gasteiger partial charge in [0.05, 0.1) is 6.61 Å². The van der Waals surface area contributed by atoms with E-state index in [0.717, 1.165) is 31.0 Å². The Morgan fingerprint density at radius 1 is 1.11 bits per heavy atom. The molecule has 0 amide bonds. The van der Waals surface area contributed by atoms with Crippen LogP contribution in [-0.2, 0) is 9.53 Å². The summed E-state index contributed by atoms with van der Waals surface area (Å²) in [6.45, 7) is 3.00. The van der Waals surface area contributed by atoms with Crippen molar-refractivity contribution in [2.24, 2.45) is 0 Å². The van der Waals surface area contributed by atoms with E-state index in [-0.39, 0.29) is 6.10 Å². The van der Waals surface area contributed by atoms with Gasteiger partial charge in [-0.15, -0.1) is 0 Å². The van der Waals surface area contributed by atoms with Crippen LogP contribution >= 0.6 is 11.8 Å². The largest absolute Gasteiger partial charge is 0.369 e. The van der Waals surface area contributed by atoms with Crippen LogP contribution in [0.4, 0.5) is 0 Å². The van der Waals surface area contributed by atoms with Crippen molar-refractivity contribution in [3.05, 3.63) is 0 Å². The molecule has 0 bridgehead atoms. The quantitative estimate of drug-likeness (QED) is 0.557. The molecular weight excluding hydrogens is 244 g/mol. The fourth-order valence-corrected chi connectivity index (χ4v) is 3.14. The summed E-state index contributed by atoms with van der Waals surface area (Å²) in [5.74, 6) is 2.24. The Bertz CT molecular complexity index is 213. The minimum atomic E-state index is -0.103. The molecule has 1 saturated heterocycles. The second-order valence-corrected chi connectivity index (χ2v) is 6.28. The second-order valence-electron chi connectivity index (χ2n) is 5.13. The standard InChI is InChI=1S/C15H28O2S/c1-2-3-4-5-6-7-8-9-10-14(16)15-13-18-12-11-17-15/h15H,2-13H2,1H3. The van der Waals surface area contributed by atoms with E-state index in [0.29, 0.717) is 5.78 Å². The summed E-state index contributed by atoms with van der Waals surface area (Å²) in [6.07, 6.45) is 10.9. The molecule has 1 unspecified atom stereocenters. The maximum atomic E-state index is 11.8. The van der Waals surface area contributed by atoms with E-state index in [1.54, 1.807) is 0 Å². The summed E-state index contributed by atoms with van der Waals surface area (Å²) < 4.78 is 5.49. The number of ketones is 1. The maximum Gasteiger partial charge on any atom is 0.162 e. The first-order valence-electron chi connectivity index (χ1n) is 7.56. The van der Waals surface area contributed by atoms with Gasteiger partial charge in [-0.25, -0.2) is 0 Å². The van der Waals surface area contributed by atoms with Gasteiger partial charge in [0.25, 0.3) is 0 Å². The fourth-order valence-electron chi connectivity index (χ4n) is 2.27. The normalized spacial score (nSPS) is 19.9. The molecule has 1 fully saturated rings. The van der Waals surface area contributed by atoms with E-state index in [1.165, 1.54) is 44.9 Å². The lowest BCUT2D eigenvalue weighted by Crippen LogP contribution is -2.31. The Labute approximate surface area is 116 Å². The van der Waals surface area contributed by atoms with E-state index >= 15 is 0 Å². The highest BCUT2D eigenvalue weighted by Crippen LogP contribution is 2.16. The van der Waals surface area contributed by atoms with Gasteiger partial charge in [-0.05, 0) is 6.42 Å². The van der Waals surface area contributed by atoms with Crippen LogP contribution in [0.15, 0.2) is 0 Å². The molecule has 3 heteroatoms. The summed E-state index contributed by atoms with van der Waals surface area (Å²) in [7, 11) is 0. The number of thioether (sulfide) groups is 1. The number of carbonyl (C=O) groups excluding carboxylic acids is 1. The number of ether oxygens (including phenoxy) is 1. The van der Waals surface area contributed by atoms with E-state index in [9.17, 15) is 4.79 Å². The van der Waals surface area contributed by atoms with Crippen molar-refractivity contribution in [3.8, 4) is 0 Å². The molecule has 1 heterocycles. The molecule has 0 N–H and O–H groups in total. The van der Waals surface area contributed by atoms with Crippen molar-refractivity contribution in [3.63, 3.8) is 0 Å². The number of unbranched alkanes of at least 4 members (excludes halogenated alkanes) is 7. The zero-order valence-corrected chi connectivity index (χ0v) is 12.6. The van der Waals surface area contributed by atoms with Crippen LogP contribution < -0.4 is 0 Å². The van der Waals surface area contributed by atoms with E-state index < -0.39 is 0 Å². The Balaban J connectivity index is 1.89. The third-order valence-corrected chi connectivity index (χ3v) is 4.45. The first kappa shape index (κ1) is 16.0. The highest BCUT2D eigenvalue weighted by atomic mass is 32.2. The molecular formula is C15H28O2S. The van der Waals surface area contributed by atoms with Crippen LogP contribution in [0.1, 0.15) is 64.7 Å². The molecule has 0 aromatic heterocycles. The van der Waals surface area contributed by atoms with Gasteiger partial charge in [-0.2, -0.15) is 11.8 Å². The zero-order chi connectivity index (χ0) is 13.1. The molecule has 1 aliphatic heterocycles. The third-order valence-electron chi connectivity index (χ3n) is 3.45. The van der Waals surface area contributed by atoms with Crippen LogP contribution in [0, 0.1) is 0 Å². The monoisotopic (exact) mass is 272 g/mol. The van der Waals surface area contributed by atoms with Gasteiger partial charge in [-0.3, -0.25) is 4.79 Å². The average Bonchev–Trinajstić information content (AvgIpc) is 2.42. The van der Waals surface area contributed by atoms with Crippen LogP contribution in [0.25, 0.3) is 0 Å². The minimum Gasteiger partial charge on any atom is -0.369 e. The predicted octanol–water partition coefficient (Wildman–Crippen LogP) is 4.22. The molecule has 0 aromatic rings. The highest BCUT2D eigenvalue weighted by Gasteiger charge is 2.21. The van der Waals surface area contributed by atoms with Gasteiger partial charge in [0.15, 0.2) is 5.78 Å². The van der Waals surface area contributed by atoms with Crippen LogP contribution in [0.5, 0.6) is 0 Å². The van der Waals surface area contributed by atoms with Gasteiger partial charge in [0.1, 0.15) is 6.10 Å². The Morgan fingerprint density at radius 2 is 1.78 bits per heavy atom. The van der Waals surface area contributed by atoms with E-state index in [4.69, 9.17) is 4.74 Å². The molecule has 106 valence electrons. The van der Waals surface area contributed by atoms with Gasteiger partial charge >= 0.3 is 0 Å². The van der Waals surface area contributed by atoms with Gasteiger partial charge < -0.3 is 4.74 Å². The summed E-state index contributed by atoms with van der Waals surface area (Å²) in [4.78, 5) is 11.8. The Morgan fingerprint density at radius 3 is 2.39 bits per heavy atom. The number of carbonyl (C=O) groups is 1. The van der Waals surface area contributed by atoms with Gasteiger partial charge in [0, 0.05) is 17.9 Å². The SMILES string of the molecule is CCCCCCCCCCC(=O)C1CSCCO1. The third kappa shape index (κ3) is 7.42. The van der Waals surface area contributed by atoms with Crippen molar-refractivity contribution >= 4 is 17.5 Å². The lowest BCUT2D eigenvalue weighted by molar-refractivity contribution is -0.129. The number of hydrogen-bond acceptors (Lipinski definition) is 3. The summed E-state index contributed by atoms with van der Waals surface area (Å²) in [5.41, 5.74) is 0. The summed E-state index contributed by atoms with van der Waals surface area (Å²) in [5, 5.41) is 0. The first-order valence-corrected chi connectivity index (χ1v) is 8.72. The first-order chi connectivity index (χ1) is 8.84. The van der Waals surface area contributed by atoms with E-state index in [2.05, 4.69) is 6.92 Å². The van der Waals surface area contributed by atoms with Gasteiger partial charge in [-0.1, -0.05) is 51.9 Å². The van der Waals surface area contributed by atoms with Crippen molar-refractivity contribution < 1.29 is 9.53 Å². The zero-order valence-electron chi connectivity index (χ0n) is 11.8. The molecule has 1 rings (SSSR count). The summed E-state index contributed by atoms with van der Waals surface area (Å²) >= 11 is 1.84. The fraction of sp³-hybridized carbons (Fsp3) is 0.933. The number of Topliss-reactive ketones (excluding diaryl/α,β-unsaturated/α-hetero) is 1. The number of rotatable bonds is 10. The molecule has 0 aliphatic carbocycles. The number of hydrogen-bond donors (Lipinski definition) is 0. The molecule has 1 aliphatic rings. The maximum absolute atomic E-state index is 11.8. The highest BCUT2D eigenvalue weighted by molar-refractivity contribution is 7.99. The van der Waals surface area contributed by atoms with Crippen molar-refractivity contribution in [2.45, 2.75) is 70.8 Å². The Kier molecular flexibility index (Phi) is 9.68. The second kappa shape index (κ2) is 10.9. The molecule has 0 saturated carbocycles. The average molecular weight is 272 g/mol. The van der Waals surface area contributed by atoms with Crippen molar-refractivity contribution in [1.29, 1.82) is 0 Å². The lowest BCUT2D eigenvalue weighted by Gasteiger charge is -2.20. The van der Waals surface area contributed by atoms with Crippen LogP contribution in [0.3, 0.4) is 0 Å². The molecule has 0 spiro atoms. The van der Waals surface area contributed by atoms with Crippen molar-refractivity contribution in [2.75, 3.05) is 18.1 Å². The van der Waals surface area contributed by atoms with Gasteiger partial charge in [0.2, 0.25) is 0 Å². The lowest BCUT2D eigenvalue weighted by atomic mass is 10.0. The summed E-state index contributed by atoms with van der Waals surface area (Å²) in [6, 6.07) is 0. The van der Waals surface area contributed by atoms with Crippen LogP contribution in [0.2, 0.25) is 0 Å². The van der Waals surface area contributed by atoms with Crippen LogP contribution in [-0.4, -0.2) is 30.0 Å². The van der Waals surface area contributed by atoms with E-state index in [1.807, 2.05) is 11.8 Å². The Hall–Kier alpha value is -0.0200. The molecule has 2 nitrogen and oxygen atoms in total. The predicted molar refractivity (Wildman–Crippen MR) is 79.3 cm³/mol. The van der Waals surface area contributed by atoms with Crippen molar-refractivity contribution in [1.82, 2.24) is 0 Å². The topological polar surface area (TPSA) is 26.3 Å². The molecule has 0 radical (unpaired) electrons. The smallest absolute Gasteiger partial charge is 0.162 e. The molecule has 18 heavy (non-hydrogen) atoms. The molecule has 1 atom stereocenters.